The van der Waals surface area contributed by atoms with Crippen molar-refractivity contribution in [3.63, 3.8) is 0 Å². The molecule has 0 saturated carbocycles. The van der Waals surface area contributed by atoms with Crippen molar-refractivity contribution in [2.75, 3.05) is 13.1 Å². The topological polar surface area (TPSA) is 110 Å². The maximum Gasteiger partial charge on any atom is 0.413 e. The predicted molar refractivity (Wildman–Crippen MR) is 113 cm³/mol. The van der Waals surface area contributed by atoms with E-state index in [1.807, 2.05) is 30.8 Å². The number of aryl methyl sites for hydroxylation is 2. The van der Waals surface area contributed by atoms with Crippen LogP contribution in [0, 0.1) is 6.92 Å². The van der Waals surface area contributed by atoms with E-state index in [2.05, 4.69) is 38.7 Å². The number of nitrogens with zero attached hydrogens (tertiary/aromatic N) is 4. The first-order chi connectivity index (χ1) is 14.4. The van der Waals surface area contributed by atoms with Gasteiger partial charge in [0.2, 0.25) is 0 Å². The summed E-state index contributed by atoms with van der Waals surface area (Å²) in [6, 6.07) is 6.18. The molecule has 4 aromatic rings. The fraction of sp³-hybridized carbons (Fsp3) is 0.333. The van der Waals surface area contributed by atoms with Crippen molar-refractivity contribution >= 4 is 28.2 Å². The Bertz CT molecular complexity index is 1270. The summed E-state index contributed by atoms with van der Waals surface area (Å²) in [6.45, 7) is 5.63. The molecule has 4 heterocycles. The van der Waals surface area contributed by atoms with Crippen LogP contribution in [0.1, 0.15) is 18.9 Å². The minimum absolute atomic E-state index is 0.314. The lowest BCUT2D eigenvalue weighted by Crippen LogP contribution is -2.48. The molecule has 9 nitrogen and oxygen atoms in total. The zero-order valence-corrected chi connectivity index (χ0v) is 17.1. The molecule has 1 aliphatic rings. The minimum atomic E-state index is -0.506. The Morgan fingerprint density at radius 3 is 3.03 bits per heavy atom. The second kappa shape index (κ2) is 6.81. The lowest BCUT2D eigenvalue weighted by Gasteiger charge is -2.23. The third kappa shape index (κ3) is 3.17. The van der Waals surface area contributed by atoms with Crippen LogP contribution in [-0.2, 0) is 7.05 Å². The molecule has 1 unspecified atom stereocenters. The molecule has 3 aromatic heterocycles. The summed E-state index contributed by atoms with van der Waals surface area (Å²) >= 11 is 0. The molecular weight excluding hydrogens is 382 g/mol. The maximum absolute atomic E-state index is 12.4. The lowest BCUT2D eigenvalue weighted by atomic mass is 10.0. The van der Waals surface area contributed by atoms with Gasteiger partial charge in [0.25, 0.3) is 0 Å². The van der Waals surface area contributed by atoms with Crippen molar-refractivity contribution in [1.82, 2.24) is 35.4 Å². The van der Waals surface area contributed by atoms with Crippen molar-refractivity contribution in [2.45, 2.75) is 25.8 Å². The number of carbonyl (C=O) groups excluding carboxylic acids is 1. The molecule has 3 N–H and O–H groups in total. The SMILES string of the molecule is Cc1ccc2c(-c3cnc4[nH]cc(OC(=O)NC5(C)CCNC5)c4n3)nn(C)c2c1. The van der Waals surface area contributed by atoms with E-state index in [0.717, 1.165) is 35.1 Å². The highest BCUT2D eigenvalue weighted by Crippen LogP contribution is 2.30. The monoisotopic (exact) mass is 405 g/mol. The Hall–Kier alpha value is -3.46. The van der Waals surface area contributed by atoms with Crippen molar-refractivity contribution in [2.24, 2.45) is 7.05 Å². The molecule has 0 spiro atoms. The first-order valence-electron chi connectivity index (χ1n) is 9.90. The molecule has 0 bridgehead atoms. The molecule has 1 atom stereocenters. The summed E-state index contributed by atoms with van der Waals surface area (Å²) in [5, 5.41) is 11.8. The van der Waals surface area contributed by atoms with Crippen molar-refractivity contribution in [3.05, 3.63) is 36.2 Å². The second-order valence-corrected chi connectivity index (χ2v) is 8.10. The van der Waals surface area contributed by atoms with E-state index in [0.29, 0.717) is 29.2 Å². The van der Waals surface area contributed by atoms with Gasteiger partial charge in [0, 0.05) is 25.2 Å². The Morgan fingerprint density at radius 2 is 2.23 bits per heavy atom. The maximum atomic E-state index is 12.4. The third-order valence-electron chi connectivity index (χ3n) is 5.57. The Balaban J connectivity index is 1.49. The number of benzene rings is 1. The molecule has 1 aliphatic heterocycles. The van der Waals surface area contributed by atoms with Crippen LogP contribution in [0.3, 0.4) is 0 Å². The molecule has 5 rings (SSSR count). The molecule has 0 aliphatic carbocycles. The molecule has 1 saturated heterocycles. The number of hydrogen-bond acceptors (Lipinski definition) is 6. The number of amides is 1. The number of aromatic nitrogens is 5. The fourth-order valence-electron chi connectivity index (χ4n) is 3.91. The zero-order valence-electron chi connectivity index (χ0n) is 17.1. The summed E-state index contributed by atoms with van der Waals surface area (Å²) in [5.41, 5.74) is 4.27. The number of H-pyrrole nitrogens is 1. The smallest absolute Gasteiger partial charge is 0.406 e. The van der Waals surface area contributed by atoms with Crippen molar-refractivity contribution in [3.8, 4) is 17.1 Å². The number of hydrogen-bond donors (Lipinski definition) is 3. The largest absolute Gasteiger partial charge is 0.413 e. The average Bonchev–Trinajstić information content (AvgIpc) is 3.40. The quantitative estimate of drug-likeness (QED) is 0.483. The summed E-state index contributed by atoms with van der Waals surface area (Å²) in [5.74, 6) is 0.336. The van der Waals surface area contributed by atoms with Crippen molar-refractivity contribution in [1.29, 1.82) is 0 Å². The molecule has 1 fully saturated rings. The van der Waals surface area contributed by atoms with E-state index in [4.69, 9.17) is 9.72 Å². The predicted octanol–water partition coefficient (Wildman–Crippen LogP) is 2.66. The number of rotatable bonds is 3. The Labute approximate surface area is 172 Å². The normalized spacial score (nSPS) is 18.9. The zero-order chi connectivity index (χ0) is 20.9. The van der Waals surface area contributed by atoms with E-state index < -0.39 is 6.09 Å². The number of fused-ring (bicyclic) bond motifs is 2. The second-order valence-electron chi connectivity index (χ2n) is 8.10. The average molecular weight is 405 g/mol. The lowest BCUT2D eigenvalue weighted by molar-refractivity contribution is 0.189. The van der Waals surface area contributed by atoms with Gasteiger partial charge in [-0.15, -0.1) is 0 Å². The van der Waals surface area contributed by atoms with Crippen LogP contribution in [0.2, 0.25) is 0 Å². The minimum Gasteiger partial charge on any atom is -0.406 e. The van der Waals surface area contributed by atoms with Gasteiger partial charge in [-0.2, -0.15) is 5.10 Å². The first kappa shape index (κ1) is 18.6. The summed E-state index contributed by atoms with van der Waals surface area (Å²) in [6.07, 6.45) is 3.62. The highest BCUT2D eigenvalue weighted by Gasteiger charge is 2.31. The van der Waals surface area contributed by atoms with E-state index in [1.165, 1.54) is 0 Å². The van der Waals surface area contributed by atoms with Gasteiger partial charge < -0.3 is 20.4 Å². The van der Waals surface area contributed by atoms with Crippen LogP contribution >= 0.6 is 0 Å². The fourth-order valence-corrected chi connectivity index (χ4v) is 3.91. The molecule has 0 radical (unpaired) electrons. The van der Waals surface area contributed by atoms with Gasteiger partial charge in [0.15, 0.2) is 16.9 Å². The van der Waals surface area contributed by atoms with Gasteiger partial charge in [-0.1, -0.05) is 12.1 Å². The van der Waals surface area contributed by atoms with Crippen LogP contribution in [0.5, 0.6) is 5.75 Å². The van der Waals surface area contributed by atoms with Gasteiger partial charge in [-0.3, -0.25) is 4.68 Å². The van der Waals surface area contributed by atoms with Crippen LogP contribution in [0.25, 0.3) is 33.5 Å². The van der Waals surface area contributed by atoms with E-state index in [1.54, 1.807) is 12.4 Å². The molecular formula is C21H23N7O2. The van der Waals surface area contributed by atoms with Gasteiger partial charge in [-0.25, -0.2) is 14.8 Å². The number of nitrogens with one attached hydrogen (secondary N) is 3. The molecule has 154 valence electrons. The van der Waals surface area contributed by atoms with E-state index in [9.17, 15) is 4.79 Å². The summed E-state index contributed by atoms with van der Waals surface area (Å²) in [4.78, 5) is 24.6. The molecule has 1 amide bonds. The van der Waals surface area contributed by atoms with E-state index >= 15 is 0 Å². The van der Waals surface area contributed by atoms with Crippen LogP contribution < -0.4 is 15.4 Å². The number of aromatic amines is 1. The van der Waals surface area contributed by atoms with Crippen LogP contribution in [0.4, 0.5) is 4.79 Å². The summed E-state index contributed by atoms with van der Waals surface area (Å²) in [7, 11) is 1.91. The van der Waals surface area contributed by atoms with Gasteiger partial charge in [0.05, 0.1) is 17.3 Å². The summed E-state index contributed by atoms with van der Waals surface area (Å²) < 4.78 is 7.39. The van der Waals surface area contributed by atoms with Crippen LogP contribution in [0.15, 0.2) is 30.6 Å². The standard InChI is InChI=1S/C21H23N7O2/c1-12-4-5-13-15(8-12)28(3)27-17(13)14-9-23-19-18(25-14)16(10-24-19)30-20(29)26-21(2)6-7-22-11-21/h4-5,8-10,22H,6-7,11H2,1-3H3,(H,23,24)(H,26,29). The Morgan fingerprint density at radius 1 is 1.37 bits per heavy atom. The van der Waals surface area contributed by atoms with Gasteiger partial charge >= 0.3 is 6.09 Å². The van der Waals surface area contributed by atoms with E-state index in [-0.39, 0.29) is 5.54 Å². The molecule has 30 heavy (non-hydrogen) atoms. The van der Waals surface area contributed by atoms with Gasteiger partial charge in [0.1, 0.15) is 11.4 Å². The Kier molecular flexibility index (Phi) is 4.21. The number of ether oxygens (including phenoxy) is 1. The highest BCUT2D eigenvalue weighted by molar-refractivity contribution is 5.94. The molecule has 9 heteroatoms. The number of carbonyl (C=O) groups is 1. The van der Waals surface area contributed by atoms with Crippen LogP contribution in [-0.4, -0.2) is 49.5 Å². The van der Waals surface area contributed by atoms with Gasteiger partial charge in [-0.05, 0) is 38.4 Å². The van der Waals surface area contributed by atoms with Crippen molar-refractivity contribution < 1.29 is 9.53 Å². The highest BCUT2D eigenvalue weighted by atomic mass is 16.6. The molecule has 1 aromatic carbocycles. The third-order valence-corrected chi connectivity index (χ3v) is 5.57. The first-order valence-corrected chi connectivity index (χ1v) is 9.90.